The smallest absolute Gasteiger partial charge is 0.246 e. The Morgan fingerprint density at radius 2 is 1.96 bits per heavy atom. The first-order chi connectivity index (χ1) is 11.0. The van der Waals surface area contributed by atoms with Crippen LogP contribution in [0.2, 0.25) is 0 Å². The van der Waals surface area contributed by atoms with Crippen molar-refractivity contribution >= 4 is 22.5 Å². The molecule has 1 N–H and O–H groups in total. The van der Waals surface area contributed by atoms with Crippen molar-refractivity contribution < 1.29 is 4.79 Å². The number of fused-ring (bicyclic) bond motifs is 1. The van der Waals surface area contributed by atoms with Gasteiger partial charge in [0.2, 0.25) is 11.3 Å². The number of nitrogens with zero attached hydrogens (tertiary/aromatic N) is 2. The third kappa shape index (κ3) is 3.13. The fourth-order valence-corrected chi connectivity index (χ4v) is 2.57. The van der Waals surface area contributed by atoms with Crippen molar-refractivity contribution in [3.05, 3.63) is 70.0 Å². The highest BCUT2D eigenvalue weighted by Gasteiger charge is 2.09. The number of para-hydroxylation sites is 1. The Morgan fingerprint density at radius 1 is 1.17 bits per heavy atom. The van der Waals surface area contributed by atoms with Crippen LogP contribution < -0.4 is 10.7 Å². The molecule has 0 radical (unpaired) electrons. The predicted molar refractivity (Wildman–Crippen MR) is 90.5 cm³/mol. The Labute approximate surface area is 133 Å². The number of hydrogen-bond acceptors (Lipinski definition) is 3. The van der Waals surface area contributed by atoms with E-state index in [2.05, 4.69) is 10.4 Å². The van der Waals surface area contributed by atoms with Gasteiger partial charge in [0.25, 0.3) is 0 Å². The zero-order valence-corrected chi connectivity index (χ0v) is 13.0. The quantitative estimate of drug-likeness (QED) is 0.809. The first-order valence-corrected chi connectivity index (χ1v) is 7.36. The molecular weight excluding hydrogens is 290 g/mol. The fraction of sp³-hybridized carbons (Fsp3) is 0.167. The van der Waals surface area contributed by atoms with Crippen molar-refractivity contribution in [3.63, 3.8) is 0 Å². The van der Waals surface area contributed by atoms with Crippen molar-refractivity contribution in [3.8, 4) is 0 Å². The lowest BCUT2D eigenvalue weighted by atomic mass is 10.1. The largest absolute Gasteiger partial charge is 0.324 e. The summed E-state index contributed by atoms with van der Waals surface area (Å²) in [6, 6.07) is 13.0. The van der Waals surface area contributed by atoms with Crippen molar-refractivity contribution in [1.29, 1.82) is 0 Å². The Kier molecular flexibility index (Phi) is 3.93. The van der Waals surface area contributed by atoms with Gasteiger partial charge in [-0.1, -0.05) is 29.8 Å². The van der Waals surface area contributed by atoms with E-state index in [1.54, 1.807) is 18.2 Å². The second-order valence-electron chi connectivity index (χ2n) is 5.55. The Morgan fingerprint density at radius 3 is 2.74 bits per heavy atom. The van der Waals surface area contributed by atoms with E-state index in [9.17, 15) is 9.59 Å². The number of amides is 1. The van der Waals surface area contributed by atoms with Crippen LogP contribution in [0.5, 0.6) is 0 Å². The summed E-state index contributed by atoms with van der Waals surface area (Å²) in [6.07, 6.45) is 1.24. The third-order valence-electron chi connectivity index (χ3n) is 3.71. The number of hydrogen-bond donors (Lipinski definition) is 1. The molecule has 1 heterocycles. The van der Waals surface area contributed by atoms with Gasteiger partial charge < -0.3 is 5.32 Å². The molecule has 0 unspecified atom stereocenters. The molecule has 0 spiro atoms. The molecule has 0 saturated heterocycles. The first-order valence-electron chi connectivity index (χ1n) is 7.36. The Hall–Kier alpha value is -2.95. The Balaban J connectivity index is 1.86. The van der Waals surface area contributed by atoms with Crippen LogP contribution in [0.15, 0.2) is 53.5 Å². The summed E-state index contributed by atoms with van der Waals surface area (Å²) in [4.78, 5) is 24.1. The van der Waals surface area contributed by atoms with E-state index in [1.807, 2.05) is 38.1 Å². The highest BCUT2D eigenvalue weighted by atomic mass is 16.2. The number of benzene rings is 2. The average molecular weight is 307 g/mol. The lowest BCUT2D eigenvalue weighted by Crippen LogP contribution is -2.22. The summed E-state index contributed by atoms with van der Waals surface area (Å²) in [5.41, 5.74) is 3.44. The van der Waals surface area contributed by atoms with Gasteiger partial charge in [0.1, 0.15) is 6.54 Å². The van der Waals surface area contributed by atoms with Gasteiger partial charge in [0.05, 0.1) is 11.7 Å². The molecule has 0 aliphatic rings. The van der Waals surface area contributed by atoms with Gasteiger partial charge in [-0.15, -0.1) is 0 Å². The van der Waals surface area contributed by atoms with Gasteiger partial charge in [-0.2, -0.15) is 5.10 Å². The van der Waals surface area contributed by atoms with Crippen LogP contribution in [-0.4, -0.2) is 15.7 Å². The van der Waals surface area contributed by atoms with Gasteiger partial charge in [-0.3, -0.25) is 14.3 Å². The van der Waals surface area contributed by atoms with Crippen molar-refractivity contribution in [2.75, 3.05) is 5.32 Å². The summed E-state index contributed by atoms with van der Waals surface area (Å²) in [5, 5.41) is 7.51. The van der Waals surface area contributed by atoms with Crippen LogP contribution in [0, 0.1) is 13.8 Å². The second-order valence-corrected chi connectivity index (χ2v) is 5.55. The number of rotatable bonds is 3. The summed E-state index contributed by atoms with van der Waals surface area (Å²) in [5.74, 6) is -0.182. The van der Waals surface area contributed by atoms with E-state index in [4.69, 9.17) is 0 Å². The summed E-state index contributed by atoms with van der Waals surface area (Å²) >= 11 is 0. The number of carbonyl (C=O) groups excluding carboxylic acids is 1. The second kappa shape index (κ2) is 6.04. The first kappa shape index (κ1) is 15.0. The number of carbonyl (C=O) groups is 1. The van der Waals surface area contributed by atoms with Crippen molar-refractivity contribution in [2.24, 2.45) is 0 Å². The molecule has 0 fully saturated rings. The molecule has 0 atom stereocenters. The SMILES string of the molecule is Cc1ccc(NC(=O)Cn2ncc(=O)c3ccccc32)c(C)c1. The summed E-state index contributed by atoms with van der Waals surface area (Å²) in [7, 11) is 0. The topological polar surface area (TPSA) is 64.0 Å². The van der Waals surface area contributed by atoms with E-state index < -0.39 is 0 Å². The highest BCUT2D eigenvalue weighted by Crippen LogP contribution is 2.16. The minimum atomic E-state index is -0.182. The van der Waals surface area contributed by atoms with Crippen molar-refractivity contribution in [2.45, 2.75) is 20.4 Å². The van der Waals surface area contributed by atoms with Crippen LogP contribution in [-0.2, 0) is 11.3 Å². The Bertz CT molecular complexity index is 944. The third-order valence-corrected chi connectivity index (χ3v) is 3.71. The van der Waals surface area contributed by atoms with E-state index in [1.165, 1.54) is 10.9 Å². The molecule has 3 rings (SSSR count). The molecule has 5 heteroatoms. The summed E-state index contributed by atoms with van der Waals surface area (Å²) < 4.78 is 1.54. The van der Waals surface area contributed by atoms with Gasteiger partial charge in [-0.05, 0) is 37.6 Å². The monoisotopic (exact) mass is 307 g/mol. The molecule has 1 amide bonds. The van der Waals surface area contributed by atoms with E-state index in [-0.39, 0.29) is 17.9 Å². The molecule has 2 aromatic carbocycles. The molecule has 1 aromatic heterocycles. The van der Waals surface area contributed by atoms with Crippen molar-refractivity contribution in [1.82, 2.24) is 9.78 Å². The average Bonchev–Trinajstić information content (AvgIpc) is 2.53. The number of anilines is 1. The molecule has 0 aliphatic heterocycles. The lowest BCUT2D eigenvalue weighted by molar-refractivity contribution is -0.116. The fourth-order valence-electron chi connectivity index (χ4n) is 2.57. The maximum atomic E-state index is 12.3. The highest BCUT2D eigenvalue weighted by molar-refractivity contribution is 5.92. The van der Waals surface area contributed by atoms with E-state index in [0.717, 1.165) is 16.8 Å². The summed E-state index contributed by atoms with van der Waals surface area (Å²) in [6.45, 7) is 4.01. The molecule has 0 bridgehead atoms. The molecule has 5 nitrogen and oxygen atoms in total. The maximum absolute atomic E-state index is 12.3. The van der Waals surface area contributed by atoms with E-state index >= 15 is 0 Å². The van der Waals surface area contributed by atoms with Gasteiger partial charge in [0.15, 0.2) is 0 Å². The van der Waals surface area contributed by atoms with Crippen LogP contribution in [0.3, 0.4) is 0 Å². The minimum absolute atomic E-state index is 0.0497. The van der Waals surface area contributed by atoms with Gasteiger partial charge in [0, 0.05) is 11.1 Å². The van der Waals surface area contributed by atoms with Crippen LogP contribution in [0.25, 0.3) is 10.9 Å². The molecular formula is C18H17N3O2. The molecule has 0 saturated carbocycles. The predicted octanol–water partition coefficient (Wildman–Crippen LogP) is 2.65. The molecule has 116 valence electrons. The maximum Gasteiger partial charge on any atom is 0.246 e. The van der Waals surface area contributed by atoms with Gasteiger partial charge >= 0.3 is 0 Å². The standard InChI is InChI=1S/C18H17N3O2/c1-12-7-8-15(13(2)9-12)20-18(23)11-21-16-6-4-3-5-14(16)17(22)10-19-21/h3-10H,11H2,1-2H3,(H,20,23). The zero-order chi connectivity index (χ0) is 16.4. The zero-order valence-electron chi connectivity index (χ0n) is 13.0. The molecule has 0 aliphatic carbocycles. The number of aromatic nitrogens is 2. The van der Waals surface area contributed by atoms with Crippen LogP contribution in [0.4, 0.5) is 5.69 Å². The number of nitrogens with one attached hydrogen (secondary N) is 1. The number of aryl methyl sites for hydroxylation is 2. The van der Waals surface area contributed by atoms with Crippen LogP contribution in [0.1, 0.15) is 11.1 Å². The van der Waals surface area contributed by atoms with E-state index in [0.29, 0.717) is 10.9 Å². The molecule has 23 heavy (non-hydrogen) atoms. The van der Waals surface area contributed by atoms with Gasteiger partial charge in [-0.25, -0.2) is 0 Å². The minimum Gasteiger partial charge on any atom is -0.324 e. The van der Waals surface area contributed by atoms with Crippen LogP contribution >= 0.6 is 0 Å². The molecule has 3 aromatic rings. The lowest BCUT2D eigenvalue weighted by Gasteiger charge is -2.11. The normalized spacial score (nSPS) is 10.7.